The molecule has 1 aliphatic heterocycles. The van der Waals surface area contributed by atoms with Crippen molar-refractivity contribution in [2.45, 2.75) is 20.3 Å². The lowest BCUT2D eigenvalue weighted by molar-refractivity contribution is -0.130. The van der Waals surface area contributed by atoms with Crippen LogP contribution < -0.4 is 14.4 Å². The first kappa shape index (κ1) is 20.4. The molecule has 7 nitrogen and oxygen atoms in total. The molecule has 1 aliphatic rings. The van der Waals surface area contributed by atoms with E-state index in [9.17, 15) is 4.79 Å². The van der Waals surface area contributed by atoms with Gasteiger partial charge in [0.15, 0.2) is 11.5 Å². The van der Waals surface area contributed by atoms with Gasteiger partial charge in [-0.3, -0.25) is 4.79 Å². The van der Waals surface area contributed by atoms with Crippen molar-refractivity contribution in [1.29, 1.82) is 0 Å². The molecular formula is C20H25BrN4O3. The van der Waals surface area contributed by atoms with E-state index in [4.69, 9.17) is 9.47 Å². The summed E-state index contributed by atoms with van der Waals surface area (Å²) in [6, 6.07) is 5.57. The molecule has 2 aromatic rings. The topological polar surface area (TPSA) is 67.8 Å². The van der Waals surface area contributed by atoms with Crippen molar-refractivity contribution in [2.24, 2.45) is 0 Å². The zero-order valence-electron chi connectivity index (χ0n) is 16.2. The van der Waals surface area contributed by atoms with E-state index in [-0.39, 0.29) is 5.91 Å². The smallest absolute Gasteiger partial charge is 0.227 e. The Balaban J connectivity index is 1.64. The molecule has 0 unspecified atom stereocenters. The Bertz CT molecular complexity index is 796. The molecule has 28 heavy (non-hydrogen) atoms. The highest BCUT2D eigenvalue weighted by atomic mass is 79.9. The monoisotopic (exact) mass is 448 g/mol. The van der Waals surface area contributed by atoms with Crippen molar-refractivity contribution in [3.05, 3.63) is 40.6 Å². The number of benzene rings is 1. The van der Waals surface area contributed by atoms with Gasteiger partial charge in [0.2, 0.25) is 11.9 Å². The first-order valence-corrected chi connectivity index (χ1v) is 10.3. The van der Waals surface area contributed by atoms with Crippen LogP contribution in [0.4, 0.5) is 5.95 Å². The summed E-state index contributed by atoms with van der Waals surface area (Å²) < 4.78 is 12.2. The van der Waals surface area contributed by atoms with Crippen molar-refractivity contribution < 1.29 is 14.3 Å². The lowest BCUT2D eigenvalue weighted by atomic mass is 10.1. The van der Waals surface area contributed by atoms with Crippen LogP contribution in [0.1, 0.15) is 19.4 Å². The van der Waals surface area contributed by atoms with Gasteiger partial charge in [0.05, 0.1) is 19.6 Å². The minimum atomic E-state index is 0.0981. The fourth-order valence-electron chi connectivity index (χ4n) is 3.13. The van der Waals surface area contributed by atoms with Crippen molar-refractivity contribution in [3.8, 4) is 11.5 Å². The number of carbonyl (C=O) groups excluding carboxylic acids is 1. The third kappa shape index (κ3) is 4.92. The summed E-state index contributed by atoms with van der Waals surface area (Å²) in [5.74, 6) is 2.16. The maximum absolute atomic E-state index is 12.8. The van der Waals surface area contributed by atoms with E-state index >= 15 is 0 Å². The predicted molar refractivity (Wildman–Crippen MR) is 111 cm³/mol. The van der Waals surface area contributed by atoms with Gasteiger partial charge in [-0.25, -0.2) is 9.97 Å². The molecule has 8 heteroatoms. The van der Waals surface area contributed by atoms with Crippen LogP contribution in [-0.2, 0) is 11.2 Å². The Labute approximate surface area is 173 Å². The maximum Gasteiger partial charge on any atom is 0.227 e. The summed E-state index contributed by atoms with van der Waals surface area (Å²) in [6.07, 6.45) is 3.79. The molecule has 0 N–H and O–H groups in total. The number of piperazine rings is 1. The first-order valence-electron chi connectivity index (χ1n) is 9.50. The molecule has 0 saturated carbocycles. The molecule has 1 amide bonds. The van der Waals surface area contributed by atoms with Crippen LogP contribution >= 0.6 is 15.9 Å². The Hall–Kier alpha value is -2.35. The van der Waals surface area contributed by atoms with E-state index in [1.54, 1.807) is 18.5 Å². The number of nitrogens with zero attached hydrogens (tertiary/aromatic N) is 4. The molecule has 0 bridgehead atoms. The van der Waals surface area contributed by atoms with Gasteiger partial charge in [-0.15, -0.1) is 0 Å². The number of amides is 1. The minimum absolute atomic E-state index is 0.0981. The summed E-state index contributed by atoms with van der Waals surface area (Å²) in [5.41, 5.74) is 0.894. The molecule has 1 aromatic heterocycles. The summed E-state index contributed by atoms with van der Waals surface area (Å²) in [7, 11) is 0. The van der Waals surface area contributed by atoms with Crippen LogP contribution in [0.3, 0.4) is 0 Å². The average Bonchev–Trinajstić information content (AvgIpc) is 2.72. The Morgan fingerprint density at radius 3 is 2.25 bits per heavy atom. The van der Waals surface area contributed by atoms with Crippen LogP contribution in [0.2, 0.25) is 0 Å². The number of halogens is 1. The van der Waals surface area contributed by atoms with Crippen LogP contribution in [0.5, 0.6) is 11.5 Å². The molecule has 1 fully saturated rings. The van der Waals surface area contributed by atoms with Gasteiger partial charge in [-0.2, -0.15) is 0 Å². The Morgan fingerprint density at radius 1 is 1.04 bits per heavy atom. The number of rotatable bonds is 7. The molecule has 0 radical (unpaired) electrons. The van der Waals surface area contributed by atoms with Gasteiger partial charge >= 0.3 is 0 Å². The summed E-state index contributed by atoms with van der Waals surface area (Å²) >= 11 is 3.56. The standard InChI is InChI=1S/C20H25BrN4O3/c1-3-27-17-12-15(16(21)14-18(17)28-4-2)13-19(26)24-8-10-25(11-9-24)20-22-6-5-7-23-20/h5-7,12,14H,3-4,8-11,13H2,1-2H3. The van der Waals surface area contributed by atoms with E-state index < -0.39 is 0 Å². The number of hydrogen-bond acceptors (Lipinski definition) is 6. The largest absolute Gasteiger partial charge is 0.490 e. The highest BCUT2D eigenvalue weighted by Crippen LogP contribution is 2.34. The van der Waals surface area contributed by atoms with Crippen LogP contribution in [0.15, 0.2) is 35.1 Å². The van der Waals surface area contributed by atoms with Gasteiger partial charge in [-0.1, -0.05) is 15.9 Å². The quantitative estimate of drug-likeness (QED) is 0.648. The van der Waals surface area contributed by atoms with Crippen LogP contribution in [-0.4, -0.2) is 60.2 Å². The first-order chi connectivity index (χ1) is 13.6. The minimum Gasteiger partial charge on any atom is -0.490 e. The van der Waals surface area contributed by atoms with Crippen molar-refractivity contribution in [1.82, 2.24) is 14.9 Å². The van der Waals surface area contributed by atoms with E-state index in [1.807, 2.05) is 30.9 Å². The number of aromatic nitrogens is 2. The summed E-state index contributed by atoms with van der Waals surface area (Å²) in [6.45, 7) is 7.72. The van der Waals surface area contributed by atoms with Gasteiger partial charge < -0.3 is 19.3 Å². The molecule has 2 heterocycles. The molecule has 1 aromatic carbocycles. The van der Waals surface area contributed by atoms with E-state index in [2.05, 4.69) is 30.8 Å². The van der Waals surface area contributed by atoms with Crippen molar-refractivity contribution in [3.63, 3.8) is 0 Å². The molecule has 3 rings (SSSR count). The number of carbonyl (C=O) groups is 1. The van der Waals surface area contributed by atoms with Gasteiger partial charge in [0.1, 0.15) is 0 Å². The Morgan fingerprint density at radius 2 is 1.64 bits per heavy atom. The molecule has 0 spiro atoms. The SMILES string of the molecule is CCOc1cc(Br)c(CC(=O)N2CCN(c3ncccn3)CC2)cc1OCC. The lowest BCUT2D eigenvalue weighted by Crippen LogP contribution is -2.49. The van der Waals surface area contributed by atoms with Crippen LogP contribution in [0.25, 0.3) is 0 Å². The van der Waals surface area contributed by atoms with Gasteiger partial charge in [0, 0.05) is 43.0 Å². The normalized spacial score (nSPS) is 14.1. The lowest BCUT2D eigenvalue weighted by Gasteiger charge is -2.34. The van der Waals surface area contributed by atoms with Crippen molar-refractivity contribution in [2.75, 3.05) is 44.3 Å². The number of anilines is 1. The summed E-state index contributed by atoms with van der Waals surface area (Å²) in [5, 5.41) is 0. The highest BCUT2D eigenvalue weighted by molar-refractivity contribution is 9.10. The van der Waals surface area contributed by atoms with E-state index in [1.165, 1.54) is 0 Å². The van der Waals surface area contributed by atoms with Crippen LogP contribution in [0, 0.1) is 0 Å². The maximum atomic E-state index is 12.8. The molecular weight excluding hydrogens is 424 g/mol. The third-order valence-corrected chi connectivity index (χ3v) is 5.26. The average molecular weight is 449 g/mol. The zero-order chi connectivity index (χ0) is 19.9. The second-order valence-corrected chi connectivity index (χ2v) is 7.20. The van der Waals surface area contributed by atoms with Gasteiger partial charge in [-0.05, 0) is 37.6 Å². The number of ether oxygens (including phenoxy) is 2. The second-order valence-electron chi connectivity index (χ2n) is 6.35. The molecule has 150 valence electrons. The van der Waals surface area contributed by atoms with Gasteiger partial charge in [0.25, 0.3) is 0 Å². The van der Waals surface area contributed by atoms with E-state index in [0.29, 0.717) is 50.2 Å². The predicted octanol–water partition coefficient (Wildman–Crippen LogP) is 2.93. The fourth-order valence-corrected chi connectivity index (χ4v) is 3.60. The molecule has 1 saturated heterocycles. The third-order valence-electron chi connectivity index (χ3n) is 4.52. The zero-order valence-corrected chi connectivity index (χ0v) is 17.8. The molecule has 0 aliphatic carbocycles. The molecule has 0 atom stereocenters. The van der Waals surface area contributed by atoms with E-state index in [0.717, 1.165) is 23.1 Å². The number of hydrogen-bond donors (Lipinski definition) is 0. The second kappa shape index (κ2) is 9.73. The Kier molecular flexibility index (Phi) is 7.08. The summed E-state index contributed by atoms with van der Waals surface area (Å²) in [4.78, 5) is 25.4. The van der Waals surface area contributed by atoms with Crippen molar-refractivity contribution >= 4 is 27.8 Å². The highest BCUT2D eigenvalue weighted by Gasteiger charge is 2.23. The fraction of sp³-hybridized carbons (Fsp3) is 0.450.